The molecule has 0 saturated carbocycles. The van der Waals surface area contributed by atoms with E-state index in [9.17, 15) is 26.4 Å². The van der Waals surface area contributed by atoms with Crippen molar-refractivity contribution in [3.63, 3.8) is 0 Å². The zero-order valence-electron chi connectivity index (χ0n) is 17.1. The third-order valence-corrected chi connectivity index (χ3v) is 7.94. The van der Waals surface area contributed by atoms with Crippen LogP contribution in [0.2, 0.25) is 0 Å². The molecule has 0 aliphatic carbocycles. The lowest BCUT2D eigenvalue weighted by atomic mass is 9.92. The quantitative estimate of drug-likeness (QED) is 0.712. The van der Waals surface area contributed by atoms with Crippen LogP contribution in [0.1, 0.15) is 30.4 Å². The molecule has 0 unspecified atom stereocenters. The highest BCUT2D eigenvalue weighted by Gasteiger charge is 2.36. The van der Waals surface area contributed by atoms with Crippen molar-refractivity contribution in [1.82, 2.24) is 4.31 Å². The lowest BCUT2D eigenvalue weighted by Crippen LogP contribution is -2.46. The van der Waals surface area contributed by atoms with Crippen LogP contribution in [-0.2, 0) is 21.2 Å². The molecule has 9 heteroatoms. The number of benzene rings is 2. The monoisotopic (exact) mass is 452 g/mol. The van der Waals surface area contributed by atoms with Gasteiger partial charge in [0, 0.05) is 31.2 Å². The lowest BCUT2D eigenvalue weighted by molar-refractivity contribution is -0.123. The second-order valence-corrected chi connectivity index (χ2v) is 9.98. The van der Waals surface area contributed by atoms with Crippen LogP contribution in [0.25, 0.3) is 0 Å². The molecule has 2 heterocycles. The number of sulfonamides is 1. The van der Waals surface area contributed by atoms with Crippen LogP contribution in [0.5, 0.6) is 0 Å². The minimum Gasteiger partial charge on any atom is -0.312 e. The van der Waals surface area contributed by atoms with E-state index in [2.05, 4.69) is 0 Å². The molecule has 4 rings (SSSR count). The van der Waals surface area contributed by atoms with Gasteiger partial charge in [0.25, 0.3) is 0 Å². The first-order valence-electron chi connectivity index (χ1n) is 10.2. The fourth-order valence-corrected chi connectivity index (χ4v) is 6.06. The van der Waals surface area contributed by atoms with E-state index in [0.717, 1.165) is 34.1 Å². The van der Waals surface area contributed by atoms with E-state index >= 15 is 0 Å². The molecular formula is C22H23F3N2O3S. The van der Waals surface area contributed by atoms with E-state index in [1.165, 1.54) is 12.1 Å². The van der Waals surface area contributed by atoms with Gasteiger partial charge in [0.05, 0.1) is 0 Å². The van der Waals surface area contributed by atoms with Crippen LogP contribution in [0, 0.1) is 30.3 Å². The number of fused-ring (bicyclic) bond motifs is 1. The Labute approximate surface area is 179 Å². The molecule has 0 bridgehead atoms. The van der Waals surface area contributed by atoms with Crippen molar-refractivity contribution >= 4 is 21.6 Å². The summed E-state index contributed by atoms with van der Waals surface area (Å²) in [7, 11) is -4.20. The predicted molar refractivity (Wildman–Crippen MR) is 110 cm³/mol. The summed E-state index contributed by atoms with van der Waals surface area (Å²) in [4.78, 5) is 14.2. The number of halogens is 3. The molecule has 0 aromatic heterocycles. The minimum atomic E-state index is -4.20. The molecule has 0 spiro atoms. The molecule has 2 aromatic rings. The summed E-state index contributed by atoms with van der Waals surface area (Å²) in [5.74, 6) is -2.66. The zero-order chi connectivity index (χ0) is 22.3. The third kappa shape index (κ3) is 4.08. The van der Waals surface area contributed by atoms with Gasteiger partial charge in [-0.1, -0.05) is 0 Å². The van der Waals surface area contributed by atoms with Gasteiger partial charge < -0.3 is 4.90 Å². The molecule has 166 valence electrons. The molecule has 0 radical (unpaired) electrons. The van der Waals surface area contributed by atoms with E-state index in [0.29, 0.717) is 24.6 Å². The molecule has 1 fully saturated rings. The summed E-state index contributed by atoms with van der Waals surface area (Å²) >= 11 is 0. The molecule has 2 aromatic carbocycles. The van der Waals surface area contributed by atoms with Gasteiger partial charge in [-0.05, 0) is 74.1 Å². The number of aryl methyl sites for hydroxylation is 2. The fourth-order valence-electron chi connectivity index (χ4n) is 4.52. The zero-order valence-corrected chi connectivity index (χ0v) is 17.9. The Morgan fingerprint density at radius 1 is 1.00 bits per heavy atom. The maximum absolute atomic E-state index is 14.0. The smallest absolute Gasteiger partial charge is 0.246 e. The standard InChI is InChI=1S/C22H23F3N2O3S/c1-14-11-18(24)12-16-3-2-8-27(21(14)16)22(28)15-6-9-26(10-7-15)31(29,30)20-13-17(23)4-5-19(20)25/h4-5,11-13,15H,2-3,6-10H2,1H3. The van der Waals surface area contributed by atoms with Crippen molar-refractivity contribution in [2.24, 2.45) is 5.92 Å². The third-order valence-electron chi connectivity index (χ3n) is 6.02. The second-order valence-electron chi connectivity index (χ2n) is 8.08. The highest BCUT2D eigenvalue weighted by molar-refractivity contribution is 7.89. The van der Waals surface area contributed by atoms with E-state index < -0.39 is 26.6 Å². The number of carbonyl (C=O) groups excluding carboxylic acids is 1. The van der Waals surface area contributed by atoms with Gasteiger partial charge in [0.1, 0.15) is 22.3 Å². The summed E-state index contributed by atoms with van der Waals surface area (Å²) in [6.07, 6.45) is 1.99. The van der Waals surface area contributed by atoms with E-state index in [4.69, 9.17) is 0 Å². The Kier molecular flexibility index (Phi) is 5.83. The summed E-state index contributed by atoms with van der Waals surface area (Å²) in [6, 6.07) is 5.20. The molecule has 2 aliphatic heterocycles. The van der Waals surface area contributed by atoms with E-state index in [1.54, 1.807) is 11.8 Å². The van der Waals surface area contributed by atoms with Crippen LogP contribution in [0.3, 0.4) is 0 Å². The number of nitrogens with zero attached hydrogens (tertiary/aromatic N) is 2. The molecular weight excluding hydrogens is 429 g/mol. The van der Waals surface area contributed by atoms with Crippen molar-refractivity contribution in [1.29, 1.82) is 0 Å². The van der Waals surface area contributed by atoms with E-state index in [-0.39, 0.29) is 43.6 Å². The van der Waals surface area contributed by atoms with Crippen molar-refractivity contribution < 1.29 is 26.4 Å². The highest BCUT2D eigenvalue weighted by atomic mass is 32.2. The summed E-state index contributed by atoms with van der Waals surface area (Å²) in [5.41, 5.74) is 2.25. The maximum atomic E-state index is 14.0. The Balaban J connectivity index is 1.50. The molecule has 0 N–H and O–H groups in total. The van der Waals surface area contributed by atoms with Crippen LogP contribution in [0.15, 0.2) is 35.2 Å². The Morgan fingerprint density at radius 3 is 2.42 bits per heavy atom. The summed E-state index contributed by atoms with van der Waals surface area (Å²) in [5, 5.41) is 0. The van der Waals surface area contributed by atoms with Crippen molar-refractivity contribution in [3.8, 4) is 0 Å². The highest BCUT2D eigenvalue weighted by Crippen LogP contribution is 2.34. The first-order chi connectivity index (χ1) is 14.7. The average molecular weight is 452 g/mol. The molecule has 0 atom stereocenters. The van der Waals surface area contributed by atoms with E-state index in [1.807, 2.05) is 0 Å². The van der Waals surface area contributed by atoms with Crippen molar-refractivity contribution in [2.75, 3.05) is 24.5 Å². The predicted octanol–water partition coefficient (Wildman–Crippen LogP) is 3.79. The Morgan fingerprint density at radius 2 is 1.71 bits per heavy atom. The number of amides is 1. The Hall–Kier alpha value is -2.39. The van der Waals surface area contributed by atoms with Gasteiger partial charge in [-0.3, -0.25) is 4.79 Å². The normalized spacial score (nSPS) is 18.1. The molecule has 1 saturated heterocycles. The molecule has 5 nitrogen and oxygen atoms in total. The fraction of sp³-hybridized carbons (Fsp3) is 0.409. The van der Waals surface area contributed by atoms with Gasteiger partial charge in [-0.2, -0.15) is 4.31 Å². The van der Waals surface area contributed by atoms with Gasteiger partial charge >= 0.3 is 0 Å². The average Bonchev–Trinajstić information content (AvgIpc) is 2.74. The van der Waals surface area contributed by atoms with Gasteiger partial charge in [0.2, 0.25) is 15.9 Å². The molecule has 2 aliphatic rings. The number of carbonyl (C=O) groups is 1. The van der Waals surface area contributed by atoms with Gasteiger partial charge in [-0.25, -0.2) is 21.6 Å². The first kappa shape index (κ1) is 21.8. The van der Waals surface area contributed by atoms with Crippen molar-refractivity contribution in [3.05, 3.63) is 58.9 Å². The SMILES string of the molecule is Cc1cc(F)cc2c1N(C(=O)C1CCN(S(=O)(=O)c3cc(F)ccc3F)CC1)CCC2. The number of rotatable bonds is 3. The summed E-state index contributed by atoms with van der Waals surface area (Å²) < 4.78 is 67.9. The summed E-state index contributed by atoms with van der Waals surface area (Å²) in [6.45, 7) is 2.39. The topological polar surface area (TPSA) is 57.7 Å². The number of anilines is 1. The van der Waals surface area contributed by atoms with Gasteiger partial charge in [0.15, 0.2) is 0 Å². The maximum Gasteiger partial charge on any atom is 0.246 e. The largest absolute Gasteiger partial charge is 0.312 e. The van der Waals surface area contributed by atoms with Crippen LogP contribution < -0.4 is 4.90 Å². The molecule has 1 amide bonds. The number of hydrogen-bond acceptors (Lipinski definition) is 3. The lowest BCUT2D eigenvalue weighted by Gasteiger charge is -2.36. The number of hydrogen-bond donors (Lipinski definition) is 0. The van der Waals surface area contributed by atoms with Crippen LogP contribution in [0.4, 0.5) is 18.9 Å². The first-order valence-corrected chi connectivity index (χ1v) is 11.7. The van der Waals surface area contributed by atoms with Crippen LogP contribution in [-0.4, -0.2) is 38.3 Å². The van der Waals surface area contributed by atoms with Crippen LogP contribution >= 0.6 is 0 Å². The number of piperidine rings is 1. The van der Waals surface area contributed by atoms with Gasteiger partial charge in [-0.15, -0.1) is 0 Å². The second kappa shape index (κ2) is 8.27. The molecule has 31 heavy (non-hydrogen) atoms. The Bertz CT molecular complexity index is 1130. The van der Waals surface area contributed by atoms with Crippen molar-refractivity contribution in [2.45, 2.75) is 37.5 Å². The minimum absolute atomic E-state index is 0.0395.